The predicted molar refractivity (Wildman–Crippen MR) is 102 cm³/mol. The van der Waals surface area contributed by atoms with Crippen LogP contribution < -0.4 is 14.2 Å². The van der Waals surface area contributed by atoms with Crippen LogP contribution in [0, 0.1) is 5.92 Å². The van der Waals surface area contributed by atoms with E-state index in [4.69, 9.17) is 14.2 Å². The first-order valence-corrected chi connectivity index (χ1v) is 8.63. The number of hydrogen-bond donors (Lipinski definition) is 3. The first kappa shape index (κ1) is 19.6. The summed E-state index contributed by atoms with van der Waals surface area (Å²) in [6.45, 7) is -0.298. The molecule has 0 saturated carbocycles. The number of carbonyl (C=O) groups excluding carboxylic acids is 1. The lowest BCUT2D eigenvalue weighted by Crippen LogP contribution is -2.25. The lowest BCUT2D eigenvalue weighted by molar-refractivity contribution is -0.105. The van der Waals surface area contributed by atoms with Gasteiger partial charge >= 0.3 is 0 Å². The van der Waals surface area contributed by atoms with Crippen LogP contribution in [0.1, 0.15) is 22.6 Å². The summed E-state index contributed by atoms with van der Waals surface area (Å²) in [6, 6.07) is 6.43. The molecule has 0 unspecified atom stereocenters. The van der Waals surface area contributed by atoms with Gasteiger partial charge in [-0.2, -0.15) is 0 Å². The highest BCUT2D eigenvalue weighted by molar-refractivity contribution is 5.87. The van der Waals surface area contributed by atoms with E-state index in [9.17, 15) is 20.1 Å². The van der Waals surface area contributed by atoms with E-state index >= 15 is 0 Å². The minimum absolute atomic E-state index is 0.0291. The van der Waals surface area contributed by atoms with E-state index in [1.54, 1.807) is 24.3 Å². The monoisotopic (exact) mass is 386 g/mol. The summed E-state index contributed by atoms with van der Waals surface area (Å²) >= 11 is 0. The van der Waals surface area contributed by atoms with Gasteiger partial charge in [0, 0.05) is 17.4 Å². The molecule has 0 saturated heterocycles. The average molecular weight is 386 g/mol. The zero-order valence-corrected chi connectivity index (χ0v) is 15.8. The molecule has 148 valence electrons. The summed E-state index contributed by atoms with van der Waals surface area (Å²) in [4.78, 5) is 11.7. The molecule has 3 N–H and O–H groups in total. The van der Waals surface area contributed by atoms with E-state index in [-0.39, 0.29) is 35.4 Å². The number of carbonyl (C=O) groups is 1. The van der Waals surface area contributed by atoms with Gasteiger partial charge in [-0.25, -0.2) is 0 Å². The Morgan fingerprint density at radius 3 is 2.32 bits per heavy atom. The number of aliphatic hydroxyl groups excluding tert-OH is 1. The Balaban J connectivity index is 2.35. The molecule has 0 heterocycles. The van der Waals surface area contributed by atoms with Crippen LogP contribution in [-0.2, 0) is 4.79 Å². The molecule has 0 radical (unpaired) electrons. The Hall–Kier alpha value is -3.19. The van der Waals surface area contributed by atoms with Gasteiger partial charge in [0.15, 0.2) is 23.0 Å². The fourth-order valence-corrected chi connectivity index (χ4v) is 3.76. The SMILES string of the molecule is COc1cc([C@H]2c3c(cc(OC)c(O)c3OC)C=C(C=O)[C@@H]2CO)ccc1O. The molecule has 2 aromatic rings. The lowest BCUT2D eigenvalue weighted by Gasteiger charge is -2.33. The molecule has 7 heteroatoms. The van der Waals surface area contributed by atoms with E-state index in [1.165, 1.54) is 27.4 Å². The summed E-state index contributed by atoms with van der Waals surface area (Å²) < 4.78 is 15.9. The van der Waals surface area contributed by atoms with E-state index in [2.05, 4.69) is 0 Å². The molecule has 3 rings (SSSR count). The Morgan fingerprint density at radius 1 is 1.04 bits per heavy atom. The topological polar surface area (TPSA) is 105 Å². The molecule has 0 amide bonds. The Bertz CT molecular complexity index is 933. The Kier molecular flexibility index (Phi) is 5.46. The molecule has 0 fully saturated rings. The maximum Gasteiger partial charge on any atom is 0.201 e. The van der Waals surface area contributed by atoms with Crippen molar-refractivity contribution in [2.24, 2.45) is 5.92 Å². The molecular formula is C21H22O7. The van der Waals surface area contributed by atoms with Crippen molar-refractivity contribution in [2.45, 2.75) is 5.92 Å². The zero-order chi connectivity index (χ0) is 20.4. The number of aliphatic hydroxyl groups is 1. The molecule has 2 atom stereocenters. The number of rotatable bonds is 6. The fraction of sp³-hybridized carbons (Fsp3) is 0.286. The highest BCUT2D eigenvalue weighted by Gasteiger charge is 2.37. The fourth-order valence-electron chi connectivity index (χ4n) is 3.76. The van der Waals surface area contributed by atoms with Gasteiger partial charge in [-0.3, -0.25) is 4.79 Å². The van der Waals surface area contributed by atoms with Crippen LogP contribution >= 0.6 is 0 Å². The second kappa shape index (κ2) is 7.82. The van der Waals surface area contributed by atoms with Crippen molar-refractivity contribution >= 4 is 12.4 Å². The standard InChI is InChI=1S/C21H22O7/c1-26-16-7-11(4-5-15(16)24)18-14(10-23)13(9-22)6-12-8-17(27-2)20(25)21(28-3)19(12)18/h4-9,14,18,23-25H,10H2,1-3H3/t14-,18+/m0/s1. The summed E-state index contributed by atoms with van der Waals surface area (Å²) in [5, 5.41) is 30.6. The third kappa shape index (κ3) is 3.03. The molecule has 0 aliphatic heterocycles. The maximum atomic E-state index is 11.7. The zero-order valence-electron chi connectivity index (χ0n) is 15.8. The first-order valence-electron chi connectivity index (χ1n) is 8.63. The lowest BCUT2D eigenvalue weighted by atomic mass is 9.71. The van der Waals surface area contributed by atoms with Gasteiger partial charge in [-0.15, -0.1) is 0 Å². The minimum Gasteiger partial charge on any atom is -0.504 e. The van der Waals surface area contributed by atoms with Crippen LogP contribution in [0.4, 0.5) is 0 Å². The highest BCUT2D eigenvalue weighted by Crippen LogP contribution is 2.52. The number of aldehydes is 1. The van der Waals surface area contributed by atoms with Crippen molar-refractivity contribution in [3.63, 3.8) is 0 Å². The van der Waals surface area contributed by atoms with Crippen LogP contribution in [0.5, 0.6) is 28.7 Å². The summed E-state index contributed by atoms with van der Waals surface area (Å²) in [5.74, 6) is -0.618. The Morgan fingerprint density at radius 2 is 1.75 bits per heavy atom. The number of hydrogen-bond acceptors (Lipinski definition) is 7. The number of benzene rings is 2. The molecule has 7 nitrogen and oxygen atoms in total. The van der Waals surface area contributed by atoms with Gasteiger partial charge in [0.05, 0.1) is 27.9 Å². The third-order valence-corrected chi connectivity index (χ3v) is 5.07. The molecule has 2 aromatic carbocycles. The molecule has 0 aromatic heterocycles. The summed E-state index contributed by atoms with van der Waals surface area (Å²) in [6.07, 6.45) is 2.36. The van der Waals surface area contributed by atoms with Crippen LogP contribution in [0.25, 0.3) is 6.08 Å². The van der Waals surface area contributed by atoms with Gasteiger partial charge in [0.25, 0.3) is 0 Å². The van der Waals surface area contributed by atoms with Crippen molar-refractivity contribution in [1.29, 1.82) is 0 Å². The smallest absolute Gasteiger partial charge is 0.201 e. The third-order valence-electron chi connectivity index (χ3n) is 5.07. The van der Waals surface area contributed by atoms with Crippen LogP contribution in [0.3, 0.4) is 0 Å². The van der Waals surface area contributed by atoms with E-state index in [1.807, 2.05) is 0 Å². The van der Waals surface area contributed by atoms with Crippen molar-refractivity contribution < 1.29 is 34.3 Å². The largest absolute Gasteiger partial charge is 0.504 e. The van der Waals surface area contributed by atoms with Crippen LogP contribution in [0.2, 0.25) is 0 Å². The molecule has 1 aliphatic rings. The first-order chi connectivity index (χ1) is 13.5. The van der Waals surface area contributed by atoms with Gasteiger partial charge in [-0.05, 0) is 41.0 Å². The normalized spacial score (nSPS) is 18.1. The minimum atomic E-state index is -0.569. The summed E-state index contributed by atoms with van der Waals surface area (Å²) in [5.41, 5.74) is 2.33. The van der Waals surface area contributed by atoms with E-state index in [0.717, 1.165) is 0 Å². The van der Waals surface area contributed by atoms with Gasteiger partial charge in [-0.1, -0.05) is 6.07 Å². The highest BCUT2D eigenvalue weighted by atomic mass is 16.5. The van der Waals surface area contributed by atoms with Gasteiger partial charge in [0.1, 0.15) is 6.29 Å². The van der Waals surface area contributed by atoms with Crippen LogP contribution in [0.15, 0.2) is 29.8 Å². The summed E-state index contributed by atoms with van der Waals surface area (Å²) in [7, 11) is 4.29. The number of methoxy groups -OCH3 is 3. The van der Waals surface area contributed by atoms with E-state index < -0.39 is 11.8 Å². The number of fused-ring (bicyclic) bond motifs is 1. The molecular weight excluding hydrogens is 364 g/mol. The van der Waals surface area contributed by atoms with Crippen LogP contribution in [-0.4, -0.2) is 49.5 Å². The van der Waals surface area contributed by atoms with Gasteiger partial charge in [0.2, 0.25) is 5.75 Å². The van der Waals surface area contributed by atoms with Gasteiger partial charge < -0.3 is 29.5 Å². The van der Waals surface area contributed by atoms with Crippen molar-refractivity contribution in [1.82, 2.24) is 0 Å². The average Bonchev–Trinajstić information content (AvgIpc) is 2.72. The Labute approximate surface area is 162 Å². The number of aromatic hydroxyl groups is 2. The number of phenolic OH excluding ortho intramolecular Hbond substituents is 2. The number of phenols is 2. The number of ether oxygens (including phenoxy) is 3. The van der Waals surface area contributed by atoms with E-state index in [0.29, 0.717) is 28.5 Å². The van der Waals surface area contributed by atoms with Crippen molar-refractivity contribution in [3.8, 4) is 28.7 Å². The van der Waals surface area contributed by atoms with Crippen molar-refractivity contribution in [2.75, 3.05) is 27.9 Å². The second-order valence-electron chi connectivity index (χ2n) is 6.42. The second-order valence-corrected chi connectivity index (χ2v) is 6.42. The molecule has 0 spiro atoms. The molecule has 28 heavy (non-hydrogen) atoms. The molecule has 0 bridgehead atoms. The van der Waals surface area contributed by atoms with Crippen molar-refractivity contribution in [3.05, 3.63) is 46.5 Å². The molecule has 1 aliphatic carbocycles. The maximum absolute atomic E-state index is 11.7. The predicted octanol–water partition coefficient (Wildman–Crippen LogP) is 2.46. The quantitative estimate of drug-likeness (QED) is 0.655.